The maximum Gasteiger partial charge on any atom is 0.137 e. The van der Waals surface area contributed by atoms with Gasteiger partial charge in [0.2, 0.25) is 0 Å². The van der Waals surface area contributed by atoms with E-state index in [0.717, 1.165) is 29.8 Å². The molecule has 3 aromatic rings. The number of benzene rings is 1. The van der Waals surface area contributed by atoms with Crippen molar-refractivity contribution in [2.24, 2.45) is 0 Å². The first kappa shape index (κ1) is 17.3. The molecular formula is C19H22N4O2. The summed E-state index contributed by atoms with van der Waals surface area (Å²) in [7, 11) is 0. The second kappa shape index (κ2) is 8.00. The van der Waals surface area contributed by atoms with E-state index in [4.69, 9.17) is 5.11 Å². The van der Waals surface area contributed by atoms with Crippen LogP contribution in [-0.2, 0) is 13.0 Å². The SMILES string of the molecule is CC(O)c1nccn1Cc1ccc(-c2ccc(CCCO)cc2)nn1. The Morgan fingerprint density at radius 2 is 1.88 bits per heavy atom. The fraction of sp³-hybridized carbons (Fsp3) is 0.316. The quantitative estimate of drug-likeness (QED) is 0.691. The van der Waals surface area contributed by atoms with E-state index < -0.39 is 6.10 Å². The fourth-order valence-electron chi connectivity index (χ4n) is 2.72. The largest absolute Gasteiger partial charge is 0.396 e. The van der Waals surface area contributed by atoms with Crippen LogP contribution in [0.3, 0.4) is 0 Å². The minimum atomic E-state index is -0.619. The van der Waals surface area contributed by atoms with Crippen LogP contribution < -0.4 is 0 Å². The number of aliphatic hydroxyl groups is 2. The highest BCUT2D eigenvalue weighted by atomic mass is 16.3. The summed E-state index contributed by atoms with van der Waals surface area (Å²) >= 11 is 0. The van der Waals surface area contributed by atoms with Crippen molar-refractivity contribution in [2.75, 3.05) is 6.61 Å². The van der Waals surface area contributed by atoms with Crippen molar-refractivity contribution < 1.29 is 10.2 Å². The molecule has 0 aliphatic heterocycles. The molecule has 25 heavy (non-hydrogen) atoms. The van der Waals surface area contributed by atoms with Crippen molar-refractivity contribution in [1.29, 1.82) is 0 Å². The topological polar surface area (TPSA) is 84.1 Å². The van der Waals surface area contributed by atoms with Gasteiger partial charge in [-0.3, -0.25) is 0 Å². The number of aryl methyl sites for hydroxylation is 1. The first-order valence-electron chi connectivity index (χ1n) is 8.39. The molecule has 0 saturated heterocycles. The van der Waals surface area contributed by atoms with Gasteiger partial charge in [-0.05, 0) is 37.5 Å². The van der Waals surface area contributed by atoms with Crippen LogP contribution in [0, 0.1) is 0 Å². The molecule has 1 unspecified atom stereocenters. The Morgan fingerprint density at radius 3 is 2.52 bits per heavy atom. The monoisotopic (exact) mass is 338 g/mol. The summed E-state index contributed by atoms with van der Waals surface area (Å²) < 4.78 is 1.87. The number of hydrogen-bond donors (Lipinski definition) is 2. The van der Waals surface area contributed by atoms with E-state index >= 15 is 0 Å². The molecular weight excluding hydrogens is 316 g/mol. The van der Waals surface area contributed by atoms with Crippen LogP contribution in [0.1, 0.15) is 36.5 Å². The molecule has 0 bridgehead atoms. The van der Waals surface area contributed by atoms with Crippen molar-refractivity contribution in [3.05, 3.63) is 65.9 Å². The van der Waals surface area contributed by atoms with Gasteiger partial charge in [0.05, 0.1) is 17.9 Å². The first-order chi connectivity index (χ1) is 12.2. The minimum absolute atomic E-state index is 0.211. The molecule has 1 atom stereocenters. The van der Waals surface area contributed by atoms with Gasteiger partial charge in [-0.1, -0.05) is 24.3 Å². The third-order valence-electron chi connectivity index (χ3n) is 4.05. The van der Waals surface area contributed by atoms with Gasteiger partial charge >= 0.3 is 0 Å². The molecule has 0 spiro atoms. The summed E-state index contributed by atoms with van der Waals surface area (Å²) in [6.45, 7) is 2.42. The van der Waals surface area contributed by atoms with Crippen molar-refractivity contribution in [2.45, 2.75) is 32.4 Å². The van der Waals surface area contributed by atoms with E-state index in [-0.39, 0.29) is 6.61 Å². The van der Waals surface area contributed by atoms with Gasteiger partial charge in [-0.25, -0.2) is 4.98 Å². The van der Waals surface area contributed by atoms with Gasteiger partial charge < -0.3 is 14.8 Å². The molecule has 0 aliphatic carbocycles. The zero-order valence-electron chi connectivity index (χ0n) is 14.2. The second-order valence-corrected chi connectivity index (χ2v) is 6.02. The lowest BCUT2D eigenvalue weighted by Gasteiger charge is -2.09. The fourth-order valence-corrected chi connectivity index (χ4v) is 2.72. The highest BCUT2D eigenvalue weighted by Gasteiger charge is 2.10. The third kappa shape index (κ3) is 4.29. The number of hydrogen-bond acceptors (Lipinski definition) is 5. The lowest BCUT2D eigenvalue weighted by atomic mass is 10.1. The first-order valence-corrected chi connectivity index (χ1v) is 8.39. The van der Waals surface area contributed by atoms with Crippen LogP contribution in [0.5, 0.6) is 0 Å². The Bertz CT molecular complexity index is 795. The van der Waals surface area contributed by atoms with E-state index in [1.165, 1.54) is 5.56 Å². The Hall–Kier alpha value is -2.57. The van der Waals surface area contributed by atoms with E-state index in [9.17, 15) is 5.11 Å². The highest BCUT2D eigenvalue weighted by molar-refractivity contribution is 5.58. The number of aromatic nitrogens is 4. The molecule has 2 heterocycles. The van der Waals surface area contributed by atoms with Gasteiger partial charge in [-0.15, -0.1) is 0 Å². The van der Waals surface area contributed by atoms with Gasteiger partial charge in [0.15, 0.2) is 0 Å². The zero-order chi connectivity index (χ0) is 17.6. The molecule has 0 amide bonds. The summed E-state index contributed by atoms with van der Waals surface area (Å²) in [5.74, 6) is 0.615. The summed E-state index contributed by atoms with van der Waals surface area (Å²) in [5, 5.41) is 27.2. The van der Waals surface area contributed by atoms with Gasteiger partial charge in [0.25, 0.3) is 0 Å². The van der Waals surface area contributed by atoms with Crippen LogP contribution in [-0.4, -0.2) is 36.6 Å². The van der Waals surface area contributed by atoms with Crippen LogP contribution in [0.4, 0.5) is 0 Å². The normalized spacial score (nSPS) is 12.3. The van der Waals surface area contributed by atoms with Gasteiger partial charge in [0.1, 0.15) is 11.9 Å². The van der Waals surface area contributed by atoms with Crippen LogP contribution in [0.2, 0.25) is 0 Å². The van der Waals surface area contributed by atoms with Crippen LogP contribution in [0.15, 0.2) is 48.8 Å². The molecule has 0 fully saturated rings. The van der Waals surface area contributed by atoms with Gasteiger partial charge in [0, 0.05) is 24.6 Å². The average Bonchev–Trinajstić information content (AvgIpc) is 3.09. The molecule has 2 aromatic heterocycles. The number of rotatable bonds is 7. The lowest BCUT2D eigenvalue weighted by Crippen LogP contribution is -2.08. The lowest BCUT2D eigenvalue weighted by molar-refractivity contribution is 0.184. The van der Waals surface area contributed by atoms with Crippen molar-refractivity contribution in [3.8, 4) is 11.3 Å². The molecule has 0 aliphatic rings. The molecule has 1 aromatic carbocycles. The molecule has 130 valence electrons. The Labute approximate surface area is 146 Å². The Morgan fingerprint density at radius 1 is 1.08 bits per heavy atom. The van der Waals surface area contributed by atoms with E-state index in [1.54, 1.807) is 13.1 Å². The van der Waals surface area contributed by atoms with E-state index in [1.807, 2.05) is 35.0 Å². The molecule has 0 saturated carbocycles. The maximum absolute atomic E-state index is 9.71. The zero-order valence-corrected chi connectivity index (χ0v) is 14.2. The third-order valence-corrected chi connectivity index (χ3v) is 4.05. The standard InChI is InChI=1S/C19H22N4O2/c1-14(25)19-20-10-11-23(19)13-17-8-9-18(22-21-17)16-6-4-15(5-7-16)3-2-12-24/h4-11,14,24-25H,2-3,12-13H2,1H3. The van der Waals surface area contributed by atoms with Gasteiger partial charge in [-0.2, -0.15) is 10.2 Å². The predicted octanol–water partition coefficient (Wildman–Crippen LogP) is 2.37. The average molecular weight is 338 g/mol. The van der Waals surface area contributed by atoms with Crippen molar-refractivity contribution in [3.63, 3.8) is 0 Å². The van der Waals surface area contributed by atoms with Crippen LogP contribution >= 0.6 is 0 Å². The van der Waals surface area contributed by atoms with Crippen molar-refractivity contribution >= 4 is 0 Å². The Kier molecular flexibility index (Phi) is 5.53. The molecule has 2 N–H and O–H groups in total. The summed E-state index contributed by atoms with van der Waals surface area (Å²) in [4.78, 5) is 4.16. The smallest absolute Gasteiger partial charge is 0.137 e. The maximum atomic E-state index is 9.71. The minimum Gasteiger partial charge on any atom is -0.396 e. The summed E-state index contributed by atoms with van der Waals surface area (Å²) in [6, 6.07) is 12.1. The molecule has 3 rings (SSSR count). The summed E-state index contributed by atoms with van der Waals surface area (Å²) in [6.07, 6.45) is 4.52. The summed E-state index contributed by atoms with van der Waals surface area (Å²) in [5.41, 5.74) is 3.84. The predicted molar refractivity (Wildman–Crippen MR) is 94.8 cm³/mol. The number of nitrogens with zero attached hydrogens (tertiary/aromatic N) is 4. The van der Waals surface area contributed by atoms with E-state index in [0.29, 0.717) is 12.4 Å². The molecule has 0 radical (unpaired) electrons. The number of aliphatic hydroxyl groups excluding tert-OH is 2. The van der Waals surface area contributed by atoms with E-state index in [2.05, 4.69) is 27.3 Å². The molecule has 6 heteroatoms. The number of imidazole rings is 1. The highest BCUT2D eigenvalue weighted by Crippen LogP contribution is 2.18. The molecule has 6 nitrogen and oxygen atoms in total. The van der Waals surface area contributed by atoms with Crippen LogP contribution in [0.25, 0.3) is 11.3 Å². The van der Waals surface area contributed by atoms with Crippen molar-refractivity contribution in [1.82, 2.24) is 19.7 Å². The Balaban J connectivity index is 1.70. The second-order valence-electron chi connectivity index (χ2n) is 6.02.